The molecule has 33 heavy (non-hydrogen) atoms. The van der Waals surface area contributed by atoms with E-state index in [-0.39, 0.29) is 17.6 Å². The summed E-state index contributed by atoms with van der Waals surface area (Å²) in [6.07, 6.45) is 4.00. The number of nitrogens with one attached hydrogen (secondary N) is 1. The Hall–Kier alpha value is -2.68. The summed E-state index contributed by atoms with van der Waals surface area (Å²) >= 11 is 1.67. The summed E-state index contributed by atoms with van der Waals surface area (Å²) < 4.78 is 7.34. The molecule has 0 bridgehead atoms. The zero-order valence-corrected chi connectivity index (χ0v) is 21.1. The maximum absolute atomic E-state index is 12.6. The number of likely N-dealkylation sites (tertiary alicyclic amines) is 1. The fourth-order valence-corrected chi connectivity index (χ4v) is 5.53. The lowest BCUT2D eigenvalue weighted by Crippen LogP contribution is -2.41. The lowest BCUT2D eigenvalue weighted by atomic mass is 9.93. The molecule has 0 unspecified atom stereocenters. The van der Waals surface area contributed by atoms with Crippen molar-refractivity contribution >= 4 is 23.1 Å². The van der Waals surface area contributed by atoms with Gasteiger partial charge >= 0.3 is 6.09 Å². The Morgan fingerprint density at radius 1 is 1.30 bits per heavy atom. The minimum absolute atomic E-state index is 0.135. The number of ether oxygens (including phenoxy) is 1. The number of carbonyl (C=O) groups excluding carboxylic acids is 1. The van der Waals surface area contributed by atoms with Gasteiger partial charge in [-0.05, 0) is 52.9 Å². The predicted octanol–water partition coefficient (Wildman–Crippen LogP) is 4.77. The normalized spacial score (nSPS) is 15.5. The van der Waals surface area contributed by atoms with E-state index in [2.05, 4.69) is 23.9 Å². The standard InChI is InChI=1S/C24H33N5O3S/c1-14(2)11-19-15(3)26-22(33-19)17-13-25-29-18(12-20(30)27-21(17)29)16-7-9-28(10-8-16)23(31)32-24(4,5)6/h12-14,16H,7-11H2,1-6H3,(H,27,30). The highest BCUT2D eigenvalue weighted by Gasteiger charge is 2.29. The van der Waals surface area contributed by atoms with Crippen molar-refractivity contribution in [1.82, 2.24) is 24.5 Å². The van der Waals surface area contributed by atoms with E-state index >= 15 is 0 Å². The predicted molar refractivity (Wildman–Crippen MR) is 130 cm³/mol. The fourth-order valence-electron chi connectivity index (χ4n) is 4.25. The fraction of sp³-hybridized carbons (Fsp3) is 0.583. The molecule has 0 aromatic carbocycles. The molecule has 1 aliphatic heterocycles. The Morgan fingerprint density at radius 3 is 2.64 bits per heavy atom. The second-order valence-corrected chi connectivity index (χ2v) is 11.3. The summed E-state index contributed by atoms with van der Waals surface area (Å²) in [5, 5.41) is 5.50. The third kappa shape index (κ3) is 5.13. The number of fused-ring (bicyclic) bond motifs is 1. The Labute approximate surface area is 198 Å². The topological polar surface area (TPSA) is 92.6 Å². The second kappa shape index (κ2) is 8.93. The SMILES string of the molecule is Cc1nc(-c2cnn3c(C4CCN(C(=O)OC(C)(C)C)CC4)cc(=O)[nH]c23)sc1CC(C)C. The third-order valence-electron chi connectivity index (χ3n) is 5.82. The van der Waals surface area contributed by atoms with Gasteiger partial charge in [0.2, 0.25) is 0 Å². The van der Waals surface area contributed by atoms with Crippen LogP contribution < -0.4 is 5.56 Å². The molecule has 178 valence electrons. The number of aryl methyl sites for hydroxylation is 1. The summed E-state index contributed by atoms with van der Waals surface area (Å²) in [6, 6.07) is 1.63. The van der Waals surface area contributed by atoms with Crippen LogP contribution >= 0.6 is 11.3 Å². The van der Waals surface area contributed by atoms with Gasteiger partial charge < -0.3 is 14.6 Å². The van der Waals surface area contributed by atoms with E-state index in [0.29, 0.717) is 24.7 Å². The molecule has 1 saturated heterocycles. The number of carbonyl (C=O) groups is 1. The van der Waals surface area contributed by atoms with E-state index in [1.54, 1.807) is 28.5 Å². The summed E-state index contributed by atoms with van der Waals surface area (Å²) in [7, 11) is 0. The molecule has 4 rings (SSSR count). The van der Waals surface area contributed by atoms with Crippen LogP contribution in [0.2, 0.25) is 0 Å². The summed E-state index contributed by atoms with van der Waals surface area (Å²) in [4.78, 5) is 35.7. The Kier molecular flexibility index (Phi) is 6.35. The van der Waals surface area contributed by atoms with Crippen LogP contribution in [0.3, 0.4) is 0 Å². The molecule has 0 atom stereocenters. The molecule has 4 heterocycles. The summed E-state index contributed by atoms with van der Waals surface area (Å²) in [6.45, 7) is 13.2. The molecule has 0 spiro atoms. The quantitative estimate of drug-likeness (QED) is 0.592. The first-order chi connectivity index (χ1) is 15.5. The highest BCUT2D eigenvalue weighted by molar-refractivity contribution is 7.15. The molecule has 1 aliphatic rings. The summed E-state index contributed by atoms with van der Waals surface area (Å²) in [5.74, 6) is 0.689. The van der Waals surface area contributed by atoms with E-state index in [4.69, 9.17) is 9.72 Å². The number of amides is 1. The van der Waals surface area contributed by atoms with Gasteiger partial charge in [0.15, 0.2) is 0 Å². The van der Waals surface area contributed by atoms with Gasteiger partial charge in [-0.25, -0.2) is 14.3 Å². The molecule has 0 saturated carbocycles. The number of piperidine rings is 1. The van der Waals surface area contributed by atoms with Crippen LogP contribution in [0.5, 0.6) is 0 Å². The van der Waals surface area contributed by atoms with Crippen LogP contribution in [0.25, 0.3) is 16.2 Å². The average Bonchev–Trinajstić information content (AvgIpc) is 3.29. The summed E-state index contributed by atoms with van der Waals surface area (Å²) in [5.41, 5.74) is 2.78. The van der Waals surface area contributed by atoms with Gasteiger partial charge in [-0.2, -0.15) is 5.10 Å². The molecule has 3 aromatic heterocycles. The van der Waals surface area contributed by atoms with Crippen LogP contribution in [0.15, 0.2) is 17.1 Å². The van der Waals surface area contributed by atoms with Crippen molar-refractivity contribution in [3.8, 4) is 10.6 Å². The second-order valence-electron chi connectivity index (χ2n) is 10.2. The van der Waals surface area contributed by atoms with E-state index < -0.39 is 5.60 Å². The van der Waals surface area contributed by atoms with E-state index in [9.17, 15) is 9.59 Å². The number of rotatable bonds is 4. The molecule has 1 fully saturated rings. The largest absolute Gasteiger partial charge is 0.444 e. The molecular formula is C24H33N5O3S. The number of hydrogen-bond acceptors (Lipinski definition) is 6. The number of hydrogen-bond donors (Lipinski definition) is 1. The zero-order chi connectivity index (χ0) is 23.9. The first-order valence-electron chi connectivity index (χ1n) is 11.6. The number of nitrogens with zero attached hydrogens (tertiary/aromatic N) is 4. The minimum atomic E-state index is -0.512. The maximum Gasteiger partial charge on any atom is 0.410 e. The molecule has 0 aliphatic carbocycles. The Bertz CT molecular complexity index is 1210. The highest BCUT2D eigenvalue weighted by Crippen LogP contribution is 2.33. The van der Waals surface area contributed by atoms with Gasteiger partial charge in [0.1, 0.15) is 16.3 Å². The number of thiazole rings is 1. The number of aromatic amines is 1. The van der Waals surface area contributed by atoms with Crippen molar-refractivity contribution in [2.75, 3.05) is 13.1 Å². The molecular weight excluding hydrogens is 438 g/mol. The van der Waals surface area contributed by atoms with Crippen molar-refractivity contribution in [3.05, 3.63) is 38.9 Å². The highest BCUT2D eigenvalue weighted by atomic mass is 32.1. The van der Waals surface area contributed by atoms with Crippen molar-refractivity contribution in [3.63, 3.8) is 0 Å². The van der Waals surface area contributed by atoms with Crippen LogP contribution in [0.1, 0.15) is 69.6 Å². The zero-order valence-electron chi connectivity index (χ0n) is 20.3. The molecule has 1 amide bonds. The van der Waals surface area contributed by atoms with Crippen LogP contribution in [0.4, 0.5) is 4.79 Å². The minimum Gasteiger partial charge on any atom is -0.444 e. The maximum atomic E-state index is 12.6. The van der Waals surface area contributed by atoms with Crippen LogP contribution in [-0.2, 0) is 11.2 Å². The van der Waals surface area contributed by atoms with Gasteiger partial charge in [0, 0.05) is 30.0 Å². The van der Waals surface area contributed by atoms with Crippen molar-refractivity contribution in [2.24, 2.45) is 5.92 Å². The molecule has 8 nitrogen and oxygen atoms in total. The van der Waals surface area contributed by atoms with Gasteiger partial charge in [-0.15, -0.1) is 11.3 Å². The van der Waals surface area contributed by atoms with Gasteiger partial charge in [0.25, 0.3) is 5.56 Å². The van der Waals surface area contributed by atoms with Crippen LogP contribution in [-0.4, -0.2) is 49.3 Å². The van der Waals surface area contributed by atoms with Gasteiger partial charge in [-0.1, -0.05) is 13.8 Å². The Morgan fingerprint density at radius 2 is 2.00 bits per heavy atom. The third-order valence-corrected chi connectivity index (χ3v) is 7.03. The molecule has 3 aromatic rings. The van der Waals surface area contributed by atoms with Crippen molar-refractivity contribution < 1.29 is 9.53 Å². The first kappa shape index (κ1) is 23.5. The van der Waals surface area contributed by atoms with Crippen LogP contribution in [0, 0.1) is 12.8 Å². The lowest BCUT2D eigenvalue weighted by Gasteiger charge is -2.33. The van der Waals surface area contributed by atoms with E-state index in [0.717, 1.165) is 41.2 Å². The number of aromatic nitrogens is 4. The van der Waals surface area contributed by atoms with Gasteiger partial charge in [0.05, 0.1) is 23.1 Å². The van der Waals surface area contributed by atoms with Crippen molar-refractivity contribution in [1.29, 1.82) is 0 Å². The monoisotopic (exact) mass is 471 g/mol. The lowest BCUT2D eigenvalue weighted by molar-refractivity contribution is 0.0203. The van der Waals surface area contributed by atoms with Gasteiger partial charge in [-0.3, -0.25) is 4.79 Å². The molecule has 0 radical (unpaired) electrons. The smallest absolute Gasteiger partial charge is 0.410 e. The van der Waals surface area contributed by atoms with E-state index in [1.807, 2.05) is 32.2 Å². The molecule has 1 N–H and O–H groups in total. The Balaban J connectivity index is 1.59. The van der Waals surface area contributed by atoms with E-state index in [1.165, 1.54) is 4.88 Å². The number of H-pyrrole nitrogens is 1. The first-order valence-corrected chi connectivity index (χ1v) is 12.4. The average molecular weight is 472 g/mol. The van der Waals surface area contributed by atoms with Crippen molar-refractivity contribution in [2.45, 2.75) is 72.3 Å². The molecule has 9 heteroatoms.